The summed E-state index contributed by atoms with van der Waals surface area (Å²) in [4.78, 5) is 14.2. The highest BCUT2D eigenvalue weighted by Gasteiger charge is 2.28. The van der Waals surface area contributed by atoms with Crippen molar-refractivity contribution < 1.29 is 23.0 Å². The molecular weight excluding hydrogens is 412 g/mol. The lowest BCUT2D eigenvalue weighted by molar-refractivity contribution is -0.145. The average molecular weight is 446 g/mol. The third-order valence-electron chi connectivity index (χ3n) is 6.13. The molecule has 4 nitrogen and oxygen atoms in total. The van der Waals surface area contributed by atoms with E-state index in [0.717, 1.165) is 38.0 Å². The summed E-state index contributed by atoms with van der Waals surface area (Å²) in [7, 11) is 0. The van der Waals surface area contributed by atoms with Crippen molar-refractivity contribution in [3.63, 3.8) is 0 Å². The Morgan fingerprint density at radius 3 is 2.59 bits per heavy atom. The number of hydrogen-bond acceptors (Lipinski definition) is 4. The van der Waals surface area contributed by atoms with E-state index in [1.807, 2.05) is 13.0 Å². The number of piperidine rings is 1. The molecule has 1 aliphatic rings. The van der Waals surface area contributed by atoms with Gasteiger partial charge in [-0.3, -0.25) is 4.79 Å². The molecule has 1 aliphatic heterocycles. The van der Waals surface area contributed by atoms with E-state index < -0.39 is 6.10 Å². The van der Waals surface area contributed by atoms with Gasteiger partial charge < -0.3 is 14.4 Å². The summed E-state index contributed by atoms with van der Waals surface area (Å²) >= 11 is 0. The predicted octanol–water partition coefficient (Wildman–Crippen LogP) is 5.37. The van der Waals surface area contributed by atoms with Gasteiger partial charge in [-0.15, -0.1) is 0 Å². The predicted molar refractivity (Wildman–Crippen MR) is 120 cm³/mol. The van der Waals surface area contributed by atoms with E-state index in [2.05, 4.69) is 11.8 Å². The van der Waals surface area contributed by atoms with Gasteiger partial charge in [0.05, 0.1) is 6.61 Å². The molecule has 0 bridgehead atoms. The number of ether oxygens (including phenoxy) is 2. The quantitative estimate of drug-likeness (QED) is 0.364. The van der Waals surface area contributed by atoms with Gasteiger partial charge >= 0.3 is 5.97 Å². The van der Waals surface area contributed by atoms with E-state index in [9.17, 15) is 13.6 Å². The van der Waals surface area contributed by atoms with Gasteiger partial charge in [0.1, 0.15) is 17.7 Å². The maximum Gasteiger partial charge on any atom is 0.306 e. The highest BCUT2D eigenvalue weighted by molar-refractivity contribution is 5.69. The minimum absolute atomic E-state index is 0.101. The first-order valence-electron chi connectivity index (χ1n) is 11.5. The third-order valence-corrected chi connectivity index (χ3v) is 6.13. The Morgan fingerprint density at radius 2 is 1.91 bits per heavy atom. The van der Waals surface area contributed by atoms with E-state index in [-0.39, 0.29) is 17.6 Å². The van der Waals surface area contributed by atoms with E-state index in [4.69, 9.17) is 9.47 Å². The van der Waals surface area contributed by atoms with Crippen LogP contribution in [0.3, 0.4) is 0 Å². The van der Waals surface area contributed by atoms with Crippen molar-refractivity contribution in [2.24, 2.45) is 11.8 Å². The van der Waals surface area contributed by atoms with Crippen molar-refractivity contribution in [2.75, 3.05) is 32.8 Å². The van der Waals surface area contributed by atoms with Crippen LogP contribution in [0.5, 0.6) is 0 Å². The molecule has 2 aromatic carbocycles. The molecule has 2 aromatic rings. The van der Waals surface area contributed by atoms with Gasteiger partial charge in [-0.05, 0) is 73.5 Å². The summed E-state index contributed by atoms with van der Waals surface area (Å²) in [5, 5.41) is 0. The van der Waals surface area contributed by atoms with E-state index >= 15 is 0 Å². The summed E-state index contributed by atoms with van der Waals surface area (Å²) < 4.78 is 38.4. The van der Waals surface area contributed by atoms with E-state index in [1.54, 1.807) is 18.2 Å². The first-order chi connectivity index (χ1) is 15.5. The number of carbonyl (C=O) groups is 1. The standard InChI is InChI=1S/C26H33F2NO3/c1-3-31-25(30)17-21-12-14-29(18-19(21)2)13-5-15-32-26(20-8-10-23(27)11-9-20)22-6-4-7-24(28)16-22/h4,6-11,16,19,21,26H,3,5,12-15,17-18H2,1-2H3/t19-,21+,26?/m0/s1. The Hall–Kier alpha value is -2.31. The van der Waals surface area contributed by atoms with Crippen LogP contribution in [0.4, 0.5) is 8.78 Å². The van der Waals surface area contributed by atoms with Crippen molar-refractivity contribution in [1.82, 2.24) is 4.90 Å². The van der Waals surface area contributed by atoms with Gasteiger partial charge in [0, 0.05) is 26.1 Å². The SMILES string of the molecule is CCOC(=O)C[C@H]1CCN(CCCOC(c2ccc(F)cc2)c2cccc(F)c2)C[C@@H]1C. The zero-order valence-electron chi connectivity index (χ0n) is 18.9. The van der Waals surface area contributed by atoms with Gasteiger partial charge in [0.2, 0.25) is 0 Å². The van der Waals surface area contributed by atoms with Gasteiger partial charge in [-0.1, -0.05) is 31.2 Å². The van der Waals surface area contributed by atoms with Crippen LogP contribution in [-0.4, -0.2) is 43.7 Å². The van der Waals surface area contributed by atoms with Crippen LogP contribution < -0.4 is 0 Å². The number of hydrogen-bond donors (Lipinski definition) is 0. The topological polar surface area (TPSA) is 38.8 Å². The van der Waals surface area contributed by atoms with Gasteiger partial charge in [-0.2, -0.15) is 0 Å². The summed E-state index contributed by atoms with van der Waals surface area (Å²) in [6.45, 7) is 7.78. The Balaban J connectivity index is 1.50. The monoisotopic (exact) mass is 445 g/mol. The summed E-state index contributed by atoms with van der Waals surface area (Å²) in [6.07, 6.45) is 1.88. The highest BCUT2D eigenvalue weighted by Crippen LogP contribution is 2.28. The van der Waals surface area contributed by atoms with E-state index in [0.29, 0.717) is 37.0 Å². The fourth-order valence-electron chi connectivity index (χ4n) is 4.40. The molecule has 0 amide bonds. The number of benzene rings is 2. The highest BCUT2D eigenvalue weighted by atomic mass is 19.1. The lowest BCUT2D eigenvalue weighted by Gasteiger charge is -2.36. The molecule has 1 saturated heterocycles. The molecule has 3 rings (SSSR count). The number of halogens is 2. The zero-order valence-corrected chi connectivity index (χ0v) is 18.9. The fourth-order valence-corrected chi connectivity index (χ4v) is 4.40. The molecule has 0 spiro atoms. The second-order valence-electron chi connectivity index (χ2n) is 8.55. The van der Waals surface area contributed by atoms with Crippen LogP contribution in [0.25, 0.3) is 0 Å². The molecule has 32 heavy (non-hydrogen) atoms. The molecular formula is C26H33F2NO3. The molecule has 0 radical (unpaired) electrons. The van der Waals surface area contributed by atoms with Crippen molar-refractivity contribution in [1.29, 1.82) is 0 Å². The lowest BCUT2D eigenvalue weighted by Crippen LogP contribution is -2.40. The van der Waals surface area contributed by atoms with Crippen LogP contribution >= 0.6 is 0 Å². The van der Waals surface area contributed by atoms with Crippen LogP contribution in [-0.2, 0) is 14.3 Å². The summed E-state index contributed by atoms with van der Waals surface area (Å²) in [5.74, 6) is 0.0752. The Labute approximate surface area is 189 Å². The summed E-state index contributed by atoms with van der Waals surface area (Å²) in [5.41, 5.74) is 1.51. The number of likely N-dealkylation sites (tertiary alicyclic amines) is 1. The number of rotatable bonds is 10. The molecule has 174 valence electrons. The van der Waals surface area contributed by atoms with Crippen molar-refractivity contribution in [3.05, 3.63) is 71.3 Å². The number of carbonyl (C=O) groups excluding carboxylic acids is 1. The van der Waals surface area contributed by atoms with Gasteiger partial charge in [-0.25, -0.2) is 8.78 Å². The van der Waals surface area contributed by atoms with Crippen LogP contribution in [0.15, 0.2) is 48.5 Å². The molecule has 0 N–H and O–H groups in total. The molecule has 1 heterocycles. The Kier molecular flexibility index (Phi) is 9.18. The minimum Gasteiger partial charge on any atom is -0.466 e. The van der Waals surface area contributed by atoms with Crippen LogP contribution in [0, 0.1) is 23.5 Å². The van der Waals surface area contributed by atoms with Crippen LogP contribution in [0.2, 0.25) is 0 Å². The maximum atomic E-state index is 13.8. The van der Waals surface area contributed by atoms with Crippen molar-refractivity contribution in [3.8, 4) is 0 Å². The zero-order chi connectivity index (χ0) is 22.9. The van der Waals surface area contributed by atoms with Crippen LogP contribution in [0.1, 0.15) is 50.3 Å². The molecule has 3 atom stereocenters. The molecule has 1 unspecified atom stereocenters. The first kappa shape index (κ1) is 24.3. The average Bonchev–Trinajstić information content (AvgIpc) is 2.76. The maximum absolute atomic E-state index is 13.8. The molecule has 0 aromatic heterocycles. The Bertz CT molecular complexity index is 858. The Morgan fingerprint density at radius 1 is 1.12 bits per heavy atom. The molecule has 1 fully saturated rings. The third kappa shape index (κ3) is 7.10. The smallest absolute Gasteiger partial charge is 0.306 e. The second kappa shape index (κ2) is 12.1. The van der Waals surface area contributed by atoms with Crippen molar-refractivity contribution >= 4 is 5.97 Å². The lowest BCUT2D eigenvalue weighted by atomic mass is 9.84. The van der Waals surface area contributed by atoms with E-state index in [1.165, 1.54) is 24.3 Å². The molecule has 0 saturated carbocycles. The normalized spacial score (nSPS) is 20.1. The number of nitrogens with zero attached hydrogens (tertiary/aromatic N) is 1. The van der Waals surface area contributed by atoms with Gasteiger partial charge in [0.15, 0.2) is 0 Å². The second-order valence-corrected chi connectivity index (χ2v) is 8.55. The van der Waals surface area contributed by atoms with Crippen molar-refractivity contribution in [2.45, 2.75) is 39.2 Å². The molecule has 6 heteroatoms. The number of esters is 1. The summed E-state index contributed by atoms with van der Waals surface area (Å²) in [6, 6.07) is 12.5. The fraction of sp³-hybridized carbons (Fsp3) is 0.500. The largest absolute Gasteiger partial charge is 0.466 e. The molecule has 0 aliphatic carbocycles. The first-order valence-corrected chi connectivity index (χ1v) is 11.5. The minimum atomic E-state index is -0.444. The van der Waals surface area contributed by atoms with Gasteiger partial charge in [0.25, 0.3) is 0 Å².